The molecule has 1 aromatic heterocycles. The van der Waals surface area contributed by atoms with Gasteiger partial charge in [0.15, 0.2) is 5.96 Å². The van der Waals surface area contributed by atoms with Gasteiger partial charge in [0.05, 0.1) is 17.2 Å². The minimum atomic E-state index is -0.178. The van der Waals surface area contributed by atoms with Crippen LogP contribution in [0.4, 0.5) is 10.1 Å². The van der Waals surface area contributed by atoms with Crippen molar-refractivity contribution in [2.75, 3.05) is 24.5 Å². The third-order valence-electron chi connectivity index (χ3n) is 4.65. The molecule has 0 radical (unpaired) electrons. The predicted octanol–water partition coefficient (Wildman–Crippen LogP) is 4.19. The average Bonchev–Trinajstić information content (AvgIpc) is 3.15. The highest BCUT2D eigenvalue weighted by Gasteiger charge is 2.20. The van der Waals surface area contributed by atoms with E-state index >= 15 is 0 Å². The highest BCUT2D eigenvalue weighted by molar-refractivity contribution is 14.0. The fourth-order valence-corrected chi connectivity index (χ4v) is 3.95. The molecule has 0 aliphatic carbocycles. The molecule has 0 saturated carbocycles. The van der Waals surface area contributed by atoms with Gasteiger partial charge in [0.1, 0.15) is 5.82 Å². The van der Waals surface area contributed by atoms with Crippen LogP contribution in [-0.4, -0.2) is 36.6 Å². The molecule has 5 nitrogen and oxygen atoms in total. The van der Waals surface area contributed by atoms with Crippen LogP contribution in [0.1, 0.15) is 37.4 Å². The summed E-state index contributed by atoms with van der Waals surface area (Å²) in [6, 6.07) is 7.21. The molecule has 0 amide bonds. The van der Waals surface area contributed by atoms with Crippen molar-refractivity contribution in [1.82, 2.24) is 15.6 Å². The summed E-state index contributed by atoms with van der Waals surface area (Å²) in [6.45, 7) is 7.42. The zero-order valence-electron chi connectivity index (χ0n) is 16.4. The number of nitrogens with one attached hydrogen (secondary N) is 2. The first-order chi connectivity index (χ1) is 13.2. The first-order valence-electron chi connectivity index (χ1n) is 9.66. The highest BCUT2D eigenvalue weighted by atomic mass is 127. The number of rotatable bonds is 6. The largest absolute Gasteiger partial charge is 0.371 e. The minimum Gasteiger partial charge on any atom is -0.371 e. The number of anilines is 1. The quantitative estimate of drug-likeness (QED) is 0.343. The van der Waals surface area contributed by atoms with Crippen molar-refractivity contribution in [2.45, 2.75) is 45.7 Å². The Hall–Kier alpha value is -1.42. The number of benzene rings is 1. The van der Waals surface area contributed by atoms with E-state index in [-0.39, 0.29) is 29.8 Å². The number of guanidine groups is 1. The summed E-state index contributed by atoms with van der Waals surface area (Å²) in [6.07, 6.45) is 2.96. The molecule has 1 fully saturated rings. The zero-order valence-corrected chi connectivity index (χ0v) is 19.6. The average molecular weight is 517 g/mol. The third-order valence-corrected chi connectivity index (χ3v) is 5.70. The van der Waals surface area contributed by atoms with Crippen LogP contribution in [-0.2, 0) is 13.0 Å². The minimum absolute atomic E-state index is 0. The lowest BCUT2D eigenvalue weighted by Crippen LogP contribution is -2.48. The summed E-state index contributed by atoms with van der Waals surface area (Å²) in [5, 5.41) is 10.1. The maximum Gasteiger partial charge on any atom is 0.191 e. The normalized spacial score (nSPS) is 15.2. The maximum atomic E-state index is 13.4. The number of piperidine rings is 1. The first-order valence-corrected chi connectivity index (χ1v) is 10.5. The molecule has 8 heteroatoms. The van der Waals surface area contributed by atoms with Crippen molar-refractivity contribution in [1.29, 1.82) is 0 Å². The van der Waals surface area contributed by atoms with Crippen LogP contribution in [0.25, 0.3) is 0 Å². The van der Waals surface area contributed by atoms with Gasteiger partial charge >= 0.3 is 0 Å². The van der Waals surface area contributed by atoms with Gasteiger partial charge in [0, 0.05) is 36.7 Å². The van der Waals surface area contributed by atoms with E-state index in [0.29, 0.717) is 12.6 Å². The van der Waals surface area contributed by atoms with Crippen LogP contribution in [0.5, 0.6) is 0 Å². The number of hydrogen-bond donors (Lipinski definition) is 2. The second-order valence-corrected chi connectivity index (χ2v) is 7.61. The molecular weight excluding hydrogens is 488 g/mol. The van der Waals surface area contributed by atoms with Gasteiger partial charge in [-0.3, -0.25) is 0 Å². The van der Waals surface area contributed by atoms with E-state index in [2.05, 4.69) is 44.7 Å². The number of hydrogen-bond acceptors (Lipinski definition) is 4. The maximum absolute atomic E-state index is 13.4. The van der Waals surface area contributed by atoms with E-state index in [1.807, 2.05) is 6.07 Å². The molecule has 1 aliphatic rings. The summed E-state index contributed by atoms with van der Waals surface area (Å²) in [5.41, 5.74) is 1.99. The van der Waals surface area contributed by atoms with Gasteiger partial charge in [0.25, 0.3) is 0 Å². The fourth-order valence-electron chi connectivity index (χ4n) is 3.21. The third kappa shape index (κ3) is 6.58. The predicted molar refractivity (Wildman–Crippen MR) is 126 cm³/mol. The molecule has 1 aliphatic heterocycles. The van der Waals surface area contributed by atoms with E-state index < -0.39 is 0 Å². The molecule has 2 aromatic rings. The van der Waals surface area contributed by atoms with Gasteiger partial charge in [-0.15, -0.1) is 35.3 Å². The Labute approximate surface area is 187 Å². The molecule has 1 saturated heterocycles. The van der Waals surface area contributed by atoms with E-state index in [1.54, 1.807) is 23.5 Å². The standard InChI is InChI=1S/C20H28FN5S.HI/c1-3-19-24-17(14-27-19)13-23-20(22-4-2)25-16-8-10-26(11-9-16)18-7-5-6-15(21)12-18;/h5-7,12,14,16H,3-4,8-11,13H2,1-2H3,(H2,22,23,25);1H. The van der Waals surface area contributed by atoms with Crippen LogP contribution in [0.3, 0.4) is 0 Å². The lowest BCUT2D eigenvalue weighted by molar-refractivity contribution is 0.461. The summed E-state index contributed by atoms with van der Waals surface area (Å²) >= 11 is 1.70. The van der Waals surface area contributed by atoms with E-state index in [4.69, 9.17) is 0 Å². The van der Waals surface area contributed by atoms with Crippen molar-refractivity contribution in [3.63, 3.8) is 0 Å². The van der Waals surface area contributed by atoms with Crippen LogP contribution in [0, 0.1) is 5.82 Å². The van der Waals surface area contributed by atoms with Crippen LogP contribution in [0.15, 0.2) is 34.6 Å². The summed E-state index contributed by atoms with van der Waals surface area (Å²) in [5.74, 6) is 0.662. The lowest BCUT2D eigenvalue weighted by Gasteiger charge is -2.34. The van der Waals surface area contributed by atoms with Gasteiger partial charge < -0.3 is 15.5 Å². The monoisotopic (exact) mass is 517 g/mol. The zero-order chi connectivity index (χ0) is 19.1. The molecule has 2 heterocycles. The topological polar surface area (TPSA) is 52.6 Å². The molecular formula is C20H29FIN5S. The Morgan fingerprint density at radius 1 is 1.32 bits per heavy atom. The van der Waals surface area contributed by atoms with Gasteiger partial charge in [-0.1, -0.05) is 13.0 Å². The van der Waals surface area contributed by atoms with E-state index in [9.17, 15) is 4.39 Å². The Morgan fingerprint density at radius 2 is 2.11 bits per heavy atom. The van der Waals surface area contributed by atoms with Crippen LogP contribution >= 0.6 is 35.3 Å². The van der Waals surface area contributed by atoms with Gasteiger partial charge in [-0.25, -0.2) is 14.4 Å². The van der Waals surface area contributed by atoms with Crippen molar-refractivity contribution in [3.8, 4) is 0 Å². The molecule has 28 heavy (non-hydrogen) atoms. The van der Waals surface area contributed by atoms with Crippen molar-refractivity contribution in [2.24, 2.45) is 4.99 Å². The molecule has 3 rings (SSSR count). The number of nitrogens with zero attached hydrogens (tertiary/aromatic N) is 3. The Bertz CT molecular complexity index is 759. The molecule has 0 atom stereocenters. The Kier molecular flexibility index (Phi) is 9.43. The molecule has 0 spiro atoms. The summed E-state index contributed by atoms with van der Waals surface area (Å²) in [4.78, 5) is 11.5. The smallest absolute Gasteiger partial charge is 0.191 e. The summed E-state index contributed by atoms with van der Waals surface area (Å²) in [7, 11) is 0. The fraction of sp³-hybridized carbons (Fsp3) is 0.500. The molecule has 0 bridgehead atoms. The Balaban J connectivity index is 0.00000280. The van der Waals surface area contributed by atoms with Crippen molar-refractivity contribution in [3.05, 3.63) is 46.2 Å². The van der Waals surface area contributed by atoms with Crippen LogP contribution < -0.4 is 15.5 Å². The number of thiazole rings is 1. The lowest BCUT2D eigenvalue weighted by atomic mass is 10.0. The second kappa shape index (κ2) is 11.5. The van der Waals surface area contributed by atoms with Crippen LogP contribution in [0.2, 0.25) is 0 Å². The van der Waals surface area contributed by atoms with E-state index in [0.717, 1.165) is 61.2 Å². The van der Waals surface area contributed by atoms with E-state index in [1.165, 1.54) is 6.07 Å². The van der Waals surface area contributed by atoms with Gasteiger partial charge in [-0.05, 0) is 44.4 Å². The second-order valence-electron chi connectivity index (χ2n) is 6.67. The first kappa shape index (κ1) is 22.9. The highest BCUT2D eigenvalue weighted by Crippen LogP contribution is 2.20. The number of aryl methyl sites for hydroxylation is 1. The number of aromatic nitrogens is 1. The number of halogens is 2. The number of aliphatic imine (C=N–C) groups is 1. The molecule has 2 N–H and O–H groups in total. The summed E-state index contributed by atoms with van der Waals surface area (Å²) < 4.78 is 13.4. The van der Waals surface area contributed by atoms with Gasteiger partial charge in [0.2, 0.25) is 0 Å². The van der Waals surface area contributed by atoms with Gasteiger partial charge in [-0.2, -0.15) is 0 Å². The van der Waals surface area contributed by atoms with Crippen molar-refractivity contribution < 1.29 is 4.39 Å². The molecule has 0 unspecified atom stereocenters. The van der Waals surface area contributed by atoms with Crippen molar-refractivity contribution >= 4 is 47.0 Å². The molecule has 154 valence electrons. The molecule has 1 aromatic carbocycles. The Morgan fingerprint density at radius 3 is 2.75 bits per heavy atom. The SMILES string of the molecule is CCNC(=NCc1csc(CC)n1)NC1CCN(c2cccc(F)c2)CC1.I.